The number of sulfone groups is 1. The highest BCUT2D eigenvalue weighted by Crippen LogP contribution is 2.38. The summed E-state index contributed by atoms with van der Waals surface area (Å²) in [7, 11) is -4.42. The van der Waals surface area contributed by atoms with Gasteiger partial charge in [-0.2, -0.15) is 0 Å². The zero-order valence-electron chi connectivity index (χ0n) is 20.3. The highest BCUT2D eigenvalue weighted by atomic mass is 32.2. The van der Waals surface area contributed by atoms with Crippen LogP contribution >= 0.6 is 0 Å². The molecule has 0 aliphatic rings. The quantitative estimate of drug-likeness (QED) is 0.181. The standard InChI is InChI=1S/C24H18N4O12S/c29-25(30)15-1-5-17(6-2-15)39-23-11-9-19(13-21(23)27(33)34)41(37,38)20-10-12-24(22(14-20)28(35)36)40-18-7-3-16(4-8-18)26(31)32/h1-14,33-36H/q-4. The van der Waals surface area contributed by atoms with Gasteiger partial charge in [0.25, 0.3) is 0 Å². The number of hydrogen-bond donors (Lipinski definition) is 4. The summed E-state index contributed by atoms with van der Waals surface area (Å²) in [6.07, 6.45) is 0. The second-order valence-electron chi connectivity index (χ2n) is 8.05. The van der Waals surface area contributed by atoms with E-state index in [1.807, 2.05) is 0 Å². The van der Waals surface area contributed by atoms with E-state index in [4.69, 9.17) is 9.47 Å². The number of rotatable bonds is 10. The number of benzene rings is 4. The van der Waals surface area contributed by atoms with Crippen LogP contribution in [0, 0.1) is 20.8 Å². The molecule has 0 atom stereocenters. The van der Waals surface area contributed by atoms with Gasteiger partial charge in [-0.25, -0.2) is 8.42 Å². The molecule has 0 spiro atoms. The van der Waals surface area contributed by atoms with Crippen LogP contribution in [0.5, 0.6) is 23.0 Å². The average molecular weight is 586 g/mol. The van der Waals surface area contributed by atoms with Crippen LogP contribution in [0.2, 0.25) is 0 Å². The number of anilines is 4. The number of nitrogens with zero attached hydrogens (tertiary/aromatic N) is 4. The van der Waals surface area contributed by atoms with Crippen molar-refractivity contribution >= 4 is 32.6 Å². The molecule has 4 aromatic carbocycles. The van der Waals surface area contributed by atoms with Crippen molar-refractivity contribution in [3.05, 3.63) is 106 Å². The molecule has 4 rings (SSSR count). The maximum atomic E-state index is 13.4. The smallest absolute Gasteiger partial charge is 0.206 e. The minimum atomic E-state index is -4.42. The molecule has 4 N–H and O–H groups in total. The minimum Gasteiger partial charge on any atom is -0.769 e. The maximum Gasteiger partial charge on any atom is 0.206 e. The van der Waals surface area contributed by atoms with Gasteiger partial charge in [0.1, 0.15) is 22.9 Å². The molecule has 0 saturated carbocycles. The highest BCUT2D eigenvalue weighted by Gasteiger charge is 2.24. The van der Waals surface area contributed by atoms with Crippen LogP contribution in [-0.2, 0) is 9.84 Å². The van der Waals surface area contributed by atoms with Crippen molar-refractivity contribution in [2.24, 2.45) is 0 Å². The molecule has 0 saturated heterocycles. The lowest BCUT2D eigenvalue weighted by Crippen LogP contribution is -2.14. The molecule has 0 aromatic heterocycles. The van der Waals surface area contributed by atoms with E-state index in [2.05, 4.69) is 0 Å². The Hall–Kier alpha value is -4.69. The summed E-state index contributed by atoms with van der Waals surface area (Å²) in [5, 5.41) is 80.1. The van der Waals surface area contributed by atoms with Gasteiger partial charge in [0.15, 0.2) is 11.5 Å². The first-order chi connectivity index (χ1) is 19.4. The second kappa shape index (κ2) is 11.8. The Balaban J connectivity index is 1.64. The van der Waals surface area contributed by atoms with Gasteiger partial charge >= 0.3 is 0 Å². The first-order valence-electron chi connectivity index (χ1n) is 11.1. The molecule has 41 heavy (non-hydrogen) atoms. The third kappa shape index (κ3) is 6.56. The lowest BCUT2D eigenvalue weighted by atomic mass is 10.2. The highest BCUT2D eigenvalue weighted by molar-refractivity contribution is 7.91. The van der Waals surface area contributed by atoms with Crippen LogP contribution in [0.3, 0.4) is 0 Å². The van der Waals surface area contributed by atoms with Crippen molar-refractivity contribution in [3.63, 3.8) is 0 Å². The Morgan fingerprint density at radius 3 is 1.17 bits per heavy atom. The van der Waals surface area contributed by atoms with E-state index in [0.717, 1.165) is 60.7 Å². The van der Waals surface area contributed by atoms with Crippen molar-refractivity contribution in [1.29, 1.82) is 0 Å². The van der Waals surface area contributed by atoms with E-state index in [9.17, 15) is 50.1 Å². The summed E-state index contributed by atoms with van der Waals surface area (Å²) in [4.78, 5) is -0.900. The Labute approximate surface area is 230 Å². The van der Waals surface area contributed by atoms with E-state index in [-0.39, 0.29) is 44.8 Å². The van der Waals surface area contributed by atoms with Gasteiger partial charge in [-0.1, -0.05) is 0 Å². The molecule has 0 bridgehead atoms. The van der Waals surface area contributed by atoms with Crippen LogP contribution < -0.4 is 30.4 Å². The third-order valence-corrected chi connectivity index (χ3v) is 7.21. The summed E-state index contributed by atoms with van der Waals surface area (Å²) >= 11 is 0. The second-order valence-corrected chi connectivity index (χ2v) is 10.00. The fourth-order valence-corrected chi connectivity index (χ4v) is 4.78. The van der Waals surface area contributed by atoms with Gasteiger partial charge in [-0.05, 0) is 84.9 Å². The monoisotopic (exact) mass is 586 g/mol. The fraction of sp³-hybridized carbons (Fsp3) is 0. The number of hydrogen-bond acceptors (Lipinski definition) is 16. The zero-order chi connectivity index (χ0) is 29.9. The van der Waals surface area contributed by atoms with Gasteiger partial charge in [0.05, 0.1) is 9.79 Å². The van der Waals surface area contributed by atoms with Gasteiger partial charge in [-0.15, -0.1) is 10.5 Å². The summed E-state index contributed by atoms with van der Waals surface area (Å²) < 4.78 is 37.7. The predicted octanol–water partition coefficient (Wildman–Crippen LogP) is 4.88. The molecule has 0 fully saturated rings. The summed E-state index contributed by atoms with van der Waals surface area (Å²) in [6, 6.07) is 15.8. The van der Waals surface area contributed by atoms with E-state index >= 15 is 0 Å². The first-order valence-corrected chi connectivity index (χ1v) is 12.6. The van der Waals surface area contributed by atoms with Gasteiger partial charge in [0, 0.05) is 11.4 Å². The van der Waals surface area contributed by atoms with Crippen LogP contribution in [0.4, 0.5) is 22.7 Å². The summed E-state index contributed by atoms with van der Waals surface area (Å²) in [5.74, 6) is -0.276. The normalized spacial score (nSPS) is 11.1. The Kier molecular flexibility index (Phi) is 8.44. The van der Waals surface area contributed by atoms with Crippen LogP contribution in [0.25, 0.3) is 0 Å². The Morgan fingerprint density at radius 1 is 0.537 bits per heavy atom. The van der Waals surface area contributed by atoms with Crippen LogP contribution in [0.15, 0.2) is 94.7 Å². The Morgan fingerprint density at radius 2 is 0.878 bits per heavy atom. The molecule has 0 aliphatic carbocycles. The molecule has 0 aliphatic heterocycles. The molecular formula is C24H18N4O12S-4. The van der Waals surface area contributed by atoms with E-state index in [1.54, 1.807) is 0 Å². The van der Waals surface area contributed by atoms with Crippen LogP contribution in [0.1, 0.15) is 0 Å². The molecular weight excluding hydrogens is 568 g/mol. The largest absolute Gasteiger partial charge is 0.769 e. The molecule has 4 aromatic rings. The molecule has 0 heterocycles. The van der Waals surface area contributed by atoms with Crippen molar-refractivity contribution in [2.75, 3.05) is 20.9 Å². The van der Waals surface area contributed by atoms with E-state index in [0.29, 0.717) is 0 Å². The zero-order valence-corrected chi connectivity index (χ0v) is 21.2. The Bertz CT molecular complexity index is 1500. The van der Waals surface area contributed by atoms with Crippen LogP contribution in [-0.4, -0.2) is 29.2 Å². The van der Waals surface area contributed by atoms with Crippen molar-refractivity contribution < 1.29 is 38.7 Å². The molecule has 0 radical (unpaired) electrons. The lowest BCUT2D eigenvalue weighted by Gasteiger charge is -2.37. The first kappa shape index (κ1) is 29.3. The number of ether oxygens (including phenoxy) is 2. The fourth-order valence-electron chi connectivity index (χ4n) is 3.48. The van der Waals surface area contributed by atoms with Gasteiger partial charge < -0.3 is 40.8 Å². The molecule has 16 nitrogen and oxygen atoms in total. The summed E-state index contributed by atoms with van der Waals surface area (Å²) in [6.45, 7) is 0. The molecule has 17 heteroatoms. The van der Waals surface area contributed by atoms with Crippen molar-refractivity contribution in [1.82, 2.24) is 0 Å². The average Bonchev–Trinajstić information content (AvgIpc) is 2.93. The maximum absolute atomic E-state index is 13.4. The van der Waals surface area contributed by atoms with E-state index in [1.165, 1.54) is 24.3 Å². The molecule has 0 amide bonds. The molecule has 0 unspecified atom stereocenters. The SMILES string of the molecule is O=S(=O)(c1ccc(Oc2ccc(N([O-])[O-])cc2)c(N(O)O)c1)c1ccc(Oc2ccc(N([O-])[O-])cc2)c(N(O)O)c1. The van der Waals surface area contributed by atoms with Gasteiger partial charge in [0.2, 0.25) is 9.84 Å². The molecule has 216 valence electrons. The van der Waals surface area contributed by atoms with E-state index < -0.39 is 41.5 Å². The van der Waals surface area contributed by atoms with Crippen molar-refractivity contribution in [3.8, 4) is 23.0 Å². The topological polar surface area (TPSA) is 239 Å². The van der Waals surface area contributed by atoms with Crippen molar-refractivity contribution in [2.45, 2.75) is 9.79 Å². The lowest BCUT2D eigenvalue weighted by molar-refractivity contribution is 0.0273. The predicted molar refractivity (Wildman–Crippen MR) is 142 cm³/mol. The minimum absolute atomic E-state index is 0.0774. The third-order valence-electron chi connectivity index (χ3n) is 5.46. The summed E-state index contributed by atoms with van der Waals surface area (Å²) in [5.41, 5.74) is -1.43. The van der Waals surface area contributed by atoms with Gasteiger partial charge in [-0.3, -0.25) is 20.8 Å².